The third-order valence-corrected chi connectivity index (χ3v) is 4.59. The Balaban J connectivity index is 2.03. The Morgan fingerprint density at radius 3 is 2.36 bits per heavy atom. The van der Waals surface area contributed by atoms with Crippen molar-refractivity contribution < 1.29 is 13.2 Å². The molecule has 0 atom stereocenters. The Morgan fingerprint density at radius 2 is 1.76 bits per heavy atom. The number of ether oxygens (including phenoxy) is 1. The lowest BCUT2D eigenvalue weighted by atomic mass is 10.1. The van der Waals surface area contributed by atoms with Gasteiger partial charge in [-0.3, -0.25) is 4.72 Å². The van der Waals surface area contributed by atoms with Crippen LogP contribution in [0.25, 0.3) is 22.2 Å². The van der Waals surface area contributed by atoms with Gasteiger partial charge in [0.1, 0.15) is 5.75 Å². The van der Waals surface area contributed by atoms with Crippen molar-refractivity contribution in [3.63, 3.8) is 0 Å². The van der Waals surface area contributed by atoms with E-state index < -0.39 is 10.0 Å². The third-order valence-electron chi connectivity index (χ3n) is 3.99. The van der Waals surface area contributed by atoms with Gasteiger partial charge >= 0.3 is 0 Å². The standard InChI is InChI=1S/C19H22N2O3S/c1-4-21-18(12-15-8-11-17(24-5-2)13-19(15)21)14-6-9-16(10-7-14)20-25(3,22)23/h6-13,20H,4-5H2,1-3H3. The molecule has 0 aliphatic heterocycles. The topological polar surface area (TPSA) is 60.3 Å². The van der Waals surface area contributed by atoms with Crippen LogP contribution in [-0.2, 0) is 16.6 Å². The van der Waals surface area contributed by atoms with Gasteiger partial charge in [-0.25, -0.2) is 8.42 Å². The average molecular weight is 358 g/mol. The van der Waals surface area contributed by atoms with Gasteiger partial charge in [-0.1, -0.05) is 12.1 Å². The largest absolute Gasteiger partial charge is 0.494 e. The molecule has 0 aliphatic rings. The van der Waals surface area contributed by atoms with Crippen LogP contribution in [0.5, 0.6) is 5.75 Å². The second-order valence-electron chi connectivity index (χ2n) is 5.88. The maximum atomic E-state index is 11.3. The van der Waals surface area contributed by atoms with Crippen LogP contribution in [0, 0.1) is 0 Å². The molecule has 0 radical (unpaired) electrons. The van der Waals surface area contributed by atoms with Crippen molar-refractivity contribution in [2.24, 2.45) is 0 Å². The summed E-state index contributed by atoms with van der Waals surface area (Å²) in [5.41, 5.74) is 3.82. The first kappa shape index (κ1) is 17.4. The Morgan fingerprint density at radius 1 is 1.04 bits per heavy atom. The quantitative estimate of drug-likeness (QED) is 0.722. The maximum Gasteiger partial charge on any atom is 0.229 e. The fourth-order valence-electron chi connectivity index (χ4n) is 2.99. The number of aryl methyl sites for hydroxylation is 1. The number of aromatic nitrogens is 1. The Hall–Kier alpha value is -2.47. The highest BCUT2D eigenvalue weighted by atomic mass is 32.2. The van der Waals surface area contributed by atoms with E-state index in [2.05, 4.69) is 34.4 Å². The molecule has 3 aromatic rings. The van der Waals surface area contributed by atoms with Gasteiger partial charge in [0.05, 0.1) is 18.4 Å². The number of nitrogens with one attached hydrogen (secondary N) is 1. The summed E-state index contributed by atoms with van der Waals surface area (Å²) >= 11 is 0. The minimum Gasteiger partial charge on any atom is -0.494 e. The molecule has 1 heterocycles. The van der Waals surface area contributed by atoms with Crippen LogP contribution in [-0.4, -0.2) is 25.8 Å². The number of nitrogens with zero attached hydrogens (tertiary/aromatic N) is 1. The molecular formula is C19H22N2O3S. The van der Waals surface area contributed by atoms with E-state index in [1.807, 2.05) is 25.1 Å². The van der Waals surface area contributed by atoms with Crippen LogP contribution in [0.3, 0.4) is 0 Å². The number of fused-ring (bicyclic) bond motifs is 1. The molecule has 0 unspecified atom stereocenters. The molecule has 5 nitrogen and oxygen atoms in total. The van der Waals surface area contributed by atoms with Crippen molar-refractivity contribution in [3.05, 3.63) is 48.5 Å². The molecule has 0 aliphatic carbocycles. The van der Waals surface area contributed by atoms with E-state index in [0.717, 1.165) is 40.7 Å². The van der Waals surface area contributed by atoms with Gasteiger partial charge in [0, 0.05) is 29.4 Å². The van der Waals surface area contributed by atoms with E-state index in [9.17, 15) is 8.42 Å². The summed E-state index contributed by atoms with van der Waals surface area (Å²) in [5.74, 6) is 0.863. The van der Waals surface area contributed by atoms with Gasteiger partial charge in [-0.15, -0.1) is 0 Å². The molecular weight excluding hydrogens is 336 g/mol. The predicted molar refractivity (Wildman–Crippen MR) is 103 cm³/mol. The summed E-state index contributed by atoms with van der Waals surface area (Å²) in [6.07, 6.45) is 1.14. The number of hydrogen-bond donors (Lipinski definition) is 1. The van der Waals surface area contributed by atoms with Crippen LogP contribution in [0.2, 0.25) is 0 Å². The highest BCUT2D eigenvalue weighted by molar-refractivity contribution is 7.92. The van der Waals surface area contributed by atoms with Gasteiger partial charge < -0.3 is 9.30 Å². The van der Waals surface area contributed by atoms with Crippen LogP contribution in [0.15, 0.2) is 48.5 Å². The summed E-state index contributed by atoms with van der Waals surface area (Å²) in [7, 11) is -3.27. The van der Waals surface area contributed by atoms with Gasteiger partial charge in [0.15, 0.2) is 0 Å². The molecule has 3 rings (SSSR count). The van der Waals surface area contributed by atoms with Gasteiger partial charge in [-0.2, -0.15) is 0 Å². The molecule has 132 valence electrons. The first-order valence-corrected chi connectivity index (χ1v) is 10.1. The molecule has 2 aromatic carbocycles. The molecule has 1 N–H and O–H groups in total. The van der Waals surface area contributed by atoms with Crippen molar-refractivity contribution in [1.82, 2.24) is 4.57 Å². The van der Waals surface area contributed by atoms with E-state index in [1.54, 1.807) is 12.1 Å². The number of anilines is 1. The molecule has 0 saturated carbocycles. The molecule has 0 amide bonds. The SMILES string of the molecule is CCOc1ccc2cc(-c3ccc(NS(C)(=O)=O)cc3)n(CC)c2c1. The highest BCUT2D eigenvalue weighted by Crippen LogP contribution is 2.31. The number of hydrogen-bond acceptors (Lipinski definition) is 3. The third kappa shape index (κ3) is 3.79. The Labute approximate surface area is 148 Å². The maximum absolute atomic E-state index is 11.3. The second-order valence-corrected chi connectivity index (χ2v) is 7.63. The van der Waals surface area contributed by atoms with E-state index in [4.69, 9.17) is 4.74 Å². The van der Waals surface area contributed by atoms with E-state index in [-0.39, 0.29) is 0 Å². The van der Waals surface area contributed by atoms with Crippen molar-refractivity contribution in [2.75, 3.05) is 17.6 Å². The van der Waals surface area contributed by atoms with Crippen LogP contribution in [0.1, 0.15) is 13.8 Å². The fourth-order valence-corrected chi connectivity index (χ4v) is 3.56. The number of rotatable bonds is 6. The second kappa shape index (κ2) is 6.80. The van der Waals surface area contributed by atoms with Crippen molar-refractivity contribution in [3.8, 4) is 17.0 Å². The fraction of sp³-hybridized carbons (Fsp3) is 0.263. The monoisotopic (exact) mass is 358 g/mol. The molecule has 0 spiro atoms. The number of sulfonamides is 1. The Bertz CT molecular complexity index is 989. The molecule has 25 heavy (non-hydrogen) atoms. The molecule has 0 saturated heterocycles. The molecule has 6 heteroatoms. The molecule has 0 bridgehead atoms. The zero-order valence-corrected chi connectivity index (χ0v) is 15.4. The van der Waals surface area contributed by atoms with Gasteiger partial charge in [-0.05, 0) is 49.7 Å². The molecule has 1 aromatic heterocycles. The van der Waals surface area contributed by atoms with E-state index in [1.165, 1.54) is 0 Å². The minimum atomic E-state index is -3.27. The van der Waals surface area contributed by atoms with Crippen LogP contribution >= 0.6 is 0 Å². The number of benzene rings is 2. The predicted octanol–water partition coefficient (Wildman–Crippen LogP) is 4.10. The van der Waals surface area contributed by atoms with E-state index in [0.29, 0.717) is 12.3 Å². The first-order valence-electron chi connectivity index (χ1n) is 8.25. The highest BCUT2D eigenvalue weighted by Gasteiger charge is 2.11. The lowest BCUT2D eigenvalue weighted by molar-refractivity contribution is 0.340. The lowest BCUT2D eigenvalue weighted by Gasteiger charge is -2.10. The average Bonchev–Trinajstić information content (AvgIpc) is 2.92. The van der Waals surface area contributed by atoms with Crippen molar-refractivity contribution >= 4 is 26.6 Å². The summed E-state index contributed by atoms with van der Waals surface area (Å²) in [4.78, 5) is 0. The zero-order chi connectivity index (χ0) is 18.0. The van der Waals surface area contributed by atoms with Crippen molar-refractivity contribution in [2.45, 2.75) is 20.4 Å². The summed E-state index contributed by atoms with van der Waals surface area (Å²) in [5, 5.41) is 1.15. The van der Waals surface area contributed by atoms with Crippen molar-refractivity contribution in [1.29, 1.82) is 0 Å². The summed E-state index contributed by atoms with van der Waals surface area (Å²) in [6.45, 7) is 5.55. The molecule has 0 fully saturated rings. The summed E-state index contributed by atoms with van der Waals surface area (Å²) in [6, 6.07) is 15.7. The normalized spacial score (nSPS) is 11.6. The lowest BCUT2D eigenvalue weighted by Crippen LogP contribution is -2.09. The zero-order valence-electron chi connectivity index (χ0n) is 14.6. The van der Waals surface area contributed by atoms with Crippen LogP contribution in [0.4, 0.5) is 5.69 Å². The summed E-state index contributed by atoms with van der Waals surface area (Å²) < 4.78 is 33.0. The minimum absolute atomic E-state index is 0.559. The first-order chi connectivity index (χ1) is 11.9. The van der Waals surface area contributed by atoms with Gasteiger partial charge in [0.25, 0.3) is 0 Å². The van der Waals surface area contributed by atoms with E-state index >= 15 is 0 Å². The Kier molecular flexibility index (Phi) is 4.72. The van der Waals surface area contributed by atoms with Gasteiger partial charge in [0.2, 0.25) is 10.0 Å². The van der Waals surface area contributed by atoms with Crippen LogP contribution < -0.4 is 9.46 Å². The smallest absolute Gasteiger partial charge is 0.229 e.